The van der Waals surface area contributed by atoms with E-state index in [9.17, 15) is 0 Å². The Morgan fingerprint density at radius 3 is 2.53 bits per heavy atom. The minimum Gasteiger partial charge on any atom is -0.495 e. The summed E-state index contributed by atoms with van der Waals surface area (Å²) in [6.07, 6.45) is 3.60. The van der Waals surface area contributed by atoms with Gasteiger partial charge in [0.1, 0.15) is 12.4 Å². The third kappa shape index (κ3) is 4.92. The lowest BCUT2D eigenvalue weighted by molar-refractivity contribution is 0.0714. The van der Waals surface area contributed by atoms with Crippen LogP contribution in [0, 0.1) is 0 Å². The highest BCUT2D eigenvalue weighted by atomic mass is 35.5. The number of hydrogen-bond donors (Lipinski definition) is 0. The van der Waals surface area contributed by atoms with Gasteiger partial charge in [0.15, 0.2) is 11.5 Å². The van der Waals surface area contributed by atoms with Crippen LogP contribution in [0.15, 0.2) is 36.4 Å². The number of fused-ring (bicyclic) bond motifs is 1. The highest BCUT2D eigenvalue weighted by Crippen LogP contribution is 2.40. The first kappa shape index (κ1) is 23.0. The van der Waals surface area contributed by atoms with E-state index in [0.29, 0.717) is 30.3 Å². The summed E-state index contributed by atoms with van der Waals surface area (Å²) < 4.78 is 22.0. The van der Waals surface area contributed by atoms with Gasteiger partial charge in [-0.15, -0.1) is 0 Å². The molecule has 2 saturated heterocycles. The minimum absolute atomic E-state index is 0.401. The predicted molar refractivity (Wildman–Crippen MR) is 128 cm³/mol. The van der Waals surface area contributed by atoms with Crippen LogP contribution in [0.3, 0.4) is 0 Å². The van der Waals surface area contributed by atoms with Gasteiger partial charge >= 0.3 is 0 Å². The van der Waals surface area contributed by atoms with E-state index in [1.54, 1.807) is 21.3 Å². The van der Waals surface area contributed by atoms with Gasteiger partial charge in [0.2, 0.25) is 0 Å². The van der Waals surface area contributed by atoms with Crippen molar-refractivity contribution in [2.75, 3.05) is 59.1 Å². The standard InChI is InChI=1S/C25H33ClN2O4/c1-29-13-14-32-23-10-7-18(15-25(23)31-3)22-6-4-5-20-17-27(11-12-28(20)22)19-8-9-21(26)24(16-19)30-2/h7-10,15-16,20,22H,4-6,11-14,17H2,1-3H3/t20?,22-/m1/s1. The fourth-order valence-electron chi connectivity index (χ4n) is 4.93. The van der Waals surface area contributed by atoms with E-state index in [4.69, 9.17) is 30.5 Å². The van der Waals surface area contributed by atoms with Gasteiger partial charge < -0.3 is 23.8 Å². The Hall–Kier alpha value is -2.15. The van der Waals surface area contributed by atoms with Gasteiger partial charge in [0, 0.05) is 50.6 Å². The van der Waals surface area contributed by atoms with Crippen LogP contribution in [0.4, 0.5) is 5.69 Å². The van der Waals surface area contributed by atoms with Crippen molar-refractivity contribution >= 4 is 17.3 Å². The van der Waals surface area contributed by atoms with Crippen LogP contribution in [0.2, 0.25) is 5.02 Å². The Kier molecular flexibility index (Phi) is 7.66. The lowest BCUT2D eigenvalue weighted by atomic mass is 9.89. The Labute approximate surface area is 195 Å². The number of ether oxygens (including phenoxy) is 4. The van der Waals surface area contributed by atoms with Crippen LogP contribution in [0.5, 0.6) is 17.2 Å². The van der Waals surface area contributed by atoms with Crippen molar-refractivity contribution < 1.29 is 18.9 Å². The van der Waals surface area contributed by atoms with Crippen molar-refractivity contribution in [1.82, 2.24) is 4.90 Å². The molecule has 6 nitrogen and oxygen atoms in total. The summed E-state index contributed by atoms with van der Waals surface area (Å²) in [7, 11) is 5.04. The molecule has 7 heteroatoms. The Bertz CT molecular complexity index is 910. The number of piperidine rings is 1. The summed E-state index contributed by atoms with van der Waals surface area (Å²) in [5.74, 6) is 2.28. The first-order chi connectivity index (χ1) is 15.6. The number of benzene rings is 2. The molecular formula is C25H33ClN2O4. The average Bonchev–Trinajstić information content (AvgIpc) is 2.84. The molecule has 2 fully saturated rings. The molecule has 0 amide bonds. The fourth-order valence-corrected chi connectivity index (χ4v) is 5.13. The second-order valence-corrected chi connectivity index (χ2v) is 8.76. The maximum atomic E-state index is 6.23. The molecule has 2 aromatic rings. The summed E-state index contributed by atoms with van der Waals surface area (Å²) in [5.41, 5.74) is 2.47. The number of anilines is 1. The van der Waals surface area contributed by atoms with Crippen molar-refractivity contribution in [3.63, 3.8) is 0 Å². The second kappa shape index (κ2) is 10.6. The Morgan fingerprint density at radius 1 is 0.906 bits per heavy atom. The molecule has 2 aliphatic rings. The average molecular weight is 461 g/mol. The molecule has 0 spiro atoms. The molecule has 0 radical (unpaired) electrons. The van der Waals surface area contributed by atoms with Crippen LogP contribution < -0.4 is 19.1 Å². The van der Waals surface area contributed by atoms with E-state index in [1.165, 1.54) is 24.1 Å². The van der Waals surface area contributed by atoms with Gasteiger partial charge in [0.25, 0.3) is 0 Å². The largest absolute Gasteiger partial charge is 0.495 e. The van der Waals surface area contributed by atoms with Crippen LogP contribution in [-0.4, -0.2) is 65.1 Å². The summed E-state index contributed by atoms with van der Waals surface area (Å²) in [6.45, 7) is 4.08. The lowest BCUT2D eigenvalue weighted by Crippen LogP contribution is -2.55. The van der Waals surface area contributed by atoms with Crippen molar-refractivity contribution in [1.29, 1.82) is 0 Å². The van der Waals surface area contributed by atoms with E-state index in [-0.39, 0.29) is 0 Å². The molecule has 0 aliphatic carbocycles. The smallest absolute Gasteiger partial charge is 0.161 e. The van der Waals surface area contributed by atoms with Crippen LogP contribution in [0.25, 0.3) is 0 Å². The molecule has 0 N–H and O–H groups in total. The minimum atomic E-state index is 0.401. The van der Waals surface area contributed by atoms with E-state index >= 15 is 0 Å². The van der Waals surface area contributed by atoms with Gasteiger partial charge in [-0.1, -0.05) is 17.7 Å². The zero-order valence-electron chi connectivity index (χ0n) is 19.2. The molecule has 1 unspecified atom stereocenters. The van der Waals surface area contributed by atoms with Crippen molar-refractivity contribution in [3.8, 4) is 17.2 Å². The van der Waals surface area contributed by atoms with E-state index in [0.717, 1.165) is 43.3 Å². The normalized spacial score (nSPS) is 21.2. The maximum absolute atomic E-state index is 6.23. The van der Waals surface area contributed by atoms with Crippen LogP contribution in [-0.2, 0) is 4.74 Å². The number of rotatable bonds is 8. The SMILES string of the molecule is COCCOc1ccc([C@H]2CCCC3CN(c4ccc(Cl)c(OC)c4)CCN32)cc1OC. The number of nitrogens with zero attached hydrogens (tertiary/aromatic N) is 2. The Balaban J connectivity index is 1.48. The van der Waals surface area contributed by atoms with Gasteiger partial charge in [-0.05, 0) is 49.1 Å². The van der Waals surface area contributed by atoms with E-state index < -0.39 is 0 Å². The molecular weight excluding hydrogens is 428 g/mol. The molecule has 0 bridgehead atoms. The number of methoxy groups -OCH3 is 3. The molecule has 32 heavy (non-hydrogen) atoms. The summed E-state index contributed by atoms with van der Waals surface area (Å²) in [6, 6.07) is 13.3. The summed E-state index contributed by atoms with van der Waals surface area (Å²) >= 11 is 6.23. The highest BCUT2D eigenvalue weighted by molar-refractivity contribution is 6.32. The highest BCUT2D eigenvalue weighted by Gasteiger charge is 2.36. The van der Waals surface area contributed by atoms with Gasteiger partial charge in [-0.2, -0.15) is 0 Å². The first-order valence-electron chi connectivity index (χ1n) is 11.3. The third-order valence-corrected chi connectivity index (χ3v) is 6.87. The van der Waals surface area contributed by atoms with Crippen molar-refractivity contribution in [3.05, 3.63) is 47.0 Å². The topological polar surface area (TPSA) is 43.4 Å². The van der Waals surface area contributed by atoms with Gasteiger partial charge in [0.05, 0.1) is 25.8 Å². The quantitative estimate of drug-likeness (QED) is 0.527. The summed E-state index contributed by atoms with van der Waals surface area (Å²) in [5, 5.41) is 0.649. The zero-order valence-corrected chi connectivity index (χ0v) is 19.9. The molecule has 2 aromatic carbocycles. The van der Waals surface area contributed by atoms with E-state index in [1.807, 2.05) is 18.2 Å². The molecule has 0 aromatic heterocycles. The second-order valence-electron chi connectivity index (χ2n) is 8.35. The van der Waals surface area contributed by atoms with Crippen LogP contribution in [0.1, 0.15) is 30.9 Å². The fraction of sp³-hybridized carbons (Fsp3) is 0.520. The molecule has 2 heterocycles. The number of piperazine rings is 1. The Morgan fingerprint density at radius 2 is 1.75 bits per heavy atom. The zero-order chi connectivity index (χ0) is 22.5. The third-order valence-electron chi connectivity index (χ3n) is 6.56. The maximum Gasteiger partial charge on any atom is 0.161 e. The number of hydrogen-bond acceptors (Lipinski definition) is 6. The van der Waals surface area contributed by atoms with Gasteiger partial charge in [-0.3, -0.25) is 4.90 Å². The molecule has 174 valence electrons. The molecule has 2 aliphatic heterocycles. The summed E-state index contributed by atoms with van der Waals surface area (Å²) in [4.78, 5) is 5.13. The van der Waals surface area contributed by atoms with Gasteiger partial charge in [-0.25, -0.2) is 0 Å². The van der Waals surface area contributed by atoms with Crippen molar-refractivity contribution in [2.24, 2.45) is 0 Å². The predicted octanol–water partition coefficient (Wildman–Crippen LogP) is 4.80. The monoisotopic (exact) mass is 460 g/mol. The number of halogens is 1. The molecule has 2 atom stereocenters. The van der Waals surface area contributed by atoms with E-state index in [2.05, 4.69) is 28.0 Å². The molecule has 0 saturated carbocycles. The van der Waals surface area contributed by atoms with Crippen LogP contribution >= 0.6 is 11.6 Å². The molecule has 4 rings (SSSR count). The van der Waals surface area contributed by atoms with Crippen molar-refractivity contribution in [2.45, 2.75) is 31.3 Å². The lowest BCUT2D eigenvalue weighted by Gasteiger charge is -2.49. The first-order valence-corrected chi connectivity index (χ1v) is 11.7.